The van der Waals surface area contributed by atoms with Crippen LogP contribution >= 0.6 is 0 Å². The van der Waals surface area contributed by atoms with E-state index in [1.807, 2.05) is 31.7 Å². The SMILES string of the molecule is Cn1cc2c(n1)[C@@]1(C)C=C(C#N)C(=O)C(C)(C)C1CC2. The van der Waals surface area contributed by atoms with Crippen LogP contribution in [0.3, 0.4) is 0 Å². The number of carbonyl (C=O) groups is 1. The van der Waals surface area contributed by atoms with E-state index in [4.69, 9.17) is 0 Å². The van der Waals surface area contributed by atoms with Gasteiger partial charge in [0.1, 0.15) is 6.07 Å². The second-order valence-corrected chi connectivity index (χ2v) is 6.77. The summed E-state index contributed by atoms with van der Waals surface area (Å²) in [5.41, 5.74) is 1.72. The maximum absolute atomic E-state index is 12.5. The van der Waals surface area contributed by atoms with Crippen molar-refractivity contribution >= 4 is 5.78 Å². The normalized spacial score (nSPS) is 31.1. The summed E-state index contributed by atoms with van der Waals surface area (Å²) in [5.74, 6) is 0.170. The zero-order valence-corrected chi connectivity index (χ0v) is 12.4. The van der Waals surface area contributed by atoms with Crippen molar-refractivity contribution in [2.24, 2.45) is 18.4 Å². The molecule has 20 heavy (non-hydrogen) atoms. The number of ketones is 1. The summed E-state index contributed by atoms with van der Waals surface area (Å²) in [7, 11) is 1.92. The zero-order valence-electron chi connectivity index (χ0n) is 12.4. The second kappa shape index (κ2) is 3.82. The van der Waals surface area contributed by atoms with E-state index in [2.05, 4.69) is 24.3 Å². The van der Waals surface area contributed by atoms with Crippen molar-refractivity contribution in [2.75, 3.05) is 0 Å². The largest absolute Gasteiger partial charge is 0.293 e. The first-order valence-corrected chi connectivity index (χ1v) is 7.01. The lowest BCUT2D eigenvalue weighted by Gasteiger charge is -2.49. The summed E-state index contributed by atoms with van der Waals surface area (Å²) in [5, 5.41) is 13.9. The Kier molecular flexibility index (Phi) is 2.50. The van der Waals surface area contributed by atoms with E-state index in [9.17, 15) is 10.1 Å². The van der Waals surface area contributed by atoms with E-state index in [-0.39, 0.29) is 22.7 Å². The number of fused-ring (bicyclic) bond motifs is 3. The van der Waals surface area contributed by atoms with Crippen LogP contribution in [0.1, 0.15) is 38.4 Å². The number of allylic oxidation sites excluding steroid dienone is 2. The lowest BCUT2D eigenvalue weighted by atomic mass is 9.52. The van der Waals surface area contributed by atoms with Crippen LogP contribution in [0.2, 0.25) is 0 Å². The molecule has 1 aromatic rings. The fourth-order valence-electron chi connectivity index (χ4n) is 4.17. The minimum Gasteiger partial charge on any atom is -0.293 e. The molecular formula is C16H19N3O. The second-order valence-electron chi connectivity index (χ2n) is 6.77. The van der Waals surface area contributed by atoms with Gasteiger partial charge in [-0.1, -0.05) is 26.8 Å². The third-order valence-corrected chi connectivity index (χ3v) is 5.11. The number of hydrogen-bond donors (Lipinski definition) is 0. The van der Waals surface area contributed by atoms with Gasteiger partial charge in [0.05, 0.1) is 11.3 Å². The molecule has 1 heterocycles. The molecule has 2 aliphatic carbocycles. The Morgan fingerprint density at radius 1 is 1.45 bits per heavy atom. The highest BCUT2D eigenvalue weighted by Crippen LogP contribution is 2.53. The molecule has 2 aliphatic rings. The molecule has 0 radical (unpaired) electrons. The standard InChI is InChI=1S/C16H19N3O/c1-15(2)12-6-5-10-9-19(4)18-13(10)16(12,3)7-11(8-17)14(15)20/h7,9,12H,5-6H2,1-4H3/t12?,16-/m0/s1. The Morgan fingerprint density at radius 2 is 2.15 bits per heavy atom. The Balaban J connectivity index is 2.28. The van der Waals surface area contributed by atoms with Crippen LogP contribution in [0.25, 0.3) is 0 Å². The van der Waals surface area contributed by atoms with Crippen LogP contribution in [0.4, 0.5) is 0 Å². The molecule has 2 atom stereocenters. The summed E-state index contributed by atoms with van der Waals surface area (Å²) in [6.07, 6.45) is 5.83. The first-order valence-electron chi connectivity index (χ1n) is 7.01. The van der Waals surface area contributed by atoms with Crippen molar-refractivity contribution in [1.82, 2.24) is 9.78 Å². The molecule has 1 unspecified atom stereocenters. The van der Waals surface area contributed by atoms with E-state index in [1.54, 1.807) is 0 Å². The maximum Gasteiger partial charge on any atom is 0.178 e. The summed E-state index contributed by atoms with van der Waals surface area (Å²) >= 11 is 0. The molecule has 0 bridgehead atoms. The van der Waals surface area contributed by atoms with Crippen LogP contribution in [0.5, 0.6) is 0 Å². The lowest BCUT2D eigenvalue weighted by Crippen LogP contribution is -2.51. The Bertz CT molecular complexity index is 674. The Hall–Kier alpha value is -1.89. The number of rotatable bonds is 0. The average Bonchev–Trinajstić information content (AvgIpc) is 2.76. The van der Waals surface area contributed by atoms with Crippen LogP contribution in [0, 0.1) is 22.7 Å². The molecule has 4 heteroatoms. The first-order chi connectivity index (χ1) is 9.30. The van der Waals surface area contributed by atoms with Crippen LogP contribution in [-0.4, -0.2) is 15.6 Å². The predicted octanol–water partition coefficient (Wildman–Crippen LogP) is 2.30. The van der Waals surface area contributed by atoms with E-state index >= 15 is 0 Å². The third kappa shape index (κ3) is 1.46. The molecule has 0 N–H and O–H groups in total. The van der Waals surface area contributed by atoms with Gasteiger partial charge >= 0.3 is 0 Å². The van der Waals surface area contributed by atoms with E-state index in [0.29, 0.717) is 0 Å². The first kappa shape index (κ1) is 13.1. The van der Waals surface area contributed by atoms with Gasteiger partial charge in [-0.3, -0.25) is 9.48 Å². The molecule has 0 saturated carbocycles. The molecular weight excluding hydrogens is 250 g/mol. The number of aryl methyl sites for hydroxylation is 2. The quantitative estimate of drug-likeness (QED) is 0.726. The number of aromatic nitrogens is 2. The third-order valence-electron chi connectivity index (χ3n) is 5.11. The van der Waals surface area contributed by atoms with Crippen molar-refractivity contribution < 1.29 is 4.79 Å². The van der Waals surface area contributed by atoms with E-state index < -0.39 is 5.41 Å². The van der Waals surface area contributed by atoms with Gasteiger partial charge in [-0.2, -0.15) is 10.4 Å². The predicted molar refractivity (Wildman–Crippen MR) is 74.9 cm³/mol. The van der Waals surface area contributed by atoms with Gasteiger partial charge in [0.2, 0.25) is 0 Å². The average molecular weight is 269 g/mol. The molecule has 3 rings (SSSR count). The molecule has 0 amide bonds. The van der Waals surface area contributed by atoms with Crippen LogP contribution < -0.4 is 0 Å². The van der Waals surface area contributed by atoms with E-state index in [1.165, 1.54) is 5.56 Å². The molecule has 0 aromatic carbocycles. The molecule has 0 fully saturated rings. The summed E-state index contributed by atoms with van der Waals surface area (Å²) in [4.78, 5) is 12.5. The van der Waals surface area contributed by atoms with Gasteiger partial charge < -0.3 is 0 Å². The number of Topliss-reactive ketones (excluding diaryl/α,β-unsaturated/α-hetero) is 1. The Morgan fingerprint density at radius 3 is 2.80 bits per heavy atom. The van der Waals surface area contributed by atoms with Gasteiger partial charge in [-0.25, -0.2) is 0 Å². The molecule has 4 nitrogen and oxygen atoms in total. The molecule has 0 aliphatic heterocycles. The molecule has 104 valence electrons. The smallest absolute Gasteiger partial charge is 0.178 e. The topological polar surface area (TPSA) is 58.7 Å². The van der Waals surface area contributed by atoms with Crippen molar-refractivity contribution in [3.63, 3.8) is 0 Å². The van der Waals surface area contributed by atoms with Gasteiger partial charge in [0.25, 0.3) is 0 Å². The number of nitrogens with zero attached hydrogens (tertiary/aromatic N) is 3. The van der Waals surface area contributed by atoms with Gasteiger partial charge in [-0.15, -0.1) is 0 Å². The number of nitriles is 1. The van der Waals surface area contributed by atoms with Gasteiger partial charge in [0, 0.05) is 24.1 Å². The number of hydrogen-bond acceptors (Lipinski definition) is 3. The summed E-state index contributed by atoms with van der Waals surface area (Å²) in [6, 6.07) is 2.08. The maximum atomic E-state index is 12.5. The monoisotopic (exact) mass is 269 g/mol. The highest BCUT2D eigenvalue weighted by atomic mass is 16.1. The van der Waals surface area contributed by atoms with E-state index in [0.717, 1.165) is 18.5 Å². The molecule has 0 saturated heterocycles. The van der Waals surface area contributed by atoms with Crippen LogP contribution in [0.15, 0.2) is 17.8 Å². The van der Waals surface area contributed by atoms with Crippen molar-refractivity contribution in [1.29, 1.82) is 5.26 Å². The van der Waals surface area contributed by atoms with Gasteiger partial charge in [-0.05, 0) is 24.3 Å². The van der Waals surface area contributed by atoms with Crippen molar-refractivity contribution in [3.05, 3.63) is 29.1 Å². The Labute approximate surface area is 119 Å². The van der Waals surface area contributed by atoms with Crippen molar-refractivity contribution in [3.8, 4) is 6.07 Å². The van der Waals surface area contributed by atoms with Crippen molar-refractivity contribution in [2.45, 2.75) is 39.0 Å². The highest BCUT2D eigenvalue weighted by Gasteiger charge is 2.54. The van der Waals surface area contributed by atoms with Gasteiger partial charge in [0.15, 0.2) is 5.78 Å². The summed E-state index contributed by atoms with van der Waals surface area (Å²) in [6.45, 7) is 6.06. The molecule has 1 aromatic heterocycles. The molecule has 0 spiro atoms. The highest BCUT2D eigenvalue weighted by molar-refractivity contribution is 6.04. The fourth-order valence-corrected chi connectivity index (χ4v) is 4.17. The number of carbonyl (C=O) groups excluding carboxylic acids is 1. The fraction of sp³-hybridized carbons (Fsp3) is 0.562. The van der Waals surface area contributed by atoms with Crippen LogP contribution in [-0.2, 0) is 23.7 Å². The minimum absolute atomic E-state index is 0.0261. The lowest BCUT2D eigenvalue weighted by molar-refractivity contribution is -0.128. The minimum atomic E-state index is -0.510. The summed E-state index contributed by atoms with van der Waals surface area (Å²) < 4.78 is 1.83. The zero-order chi connectivity index (χ0) is 14.7.